The second-order valence-corrected chi connectivity index (χ2v) is 3.71. The highest BCUT2D eigenvalue weighted by Crippen LogP contribution is 2.11. The van der Waals surface area contributed by atoms with E-state index in [-0.39, 0.29) is 6.54 Å². The molecule has 0 aromatic heterocycles. The SMILES string of the molecule is CC(O)C(N)CNC(=O)c1c(F)cccc1F. The number of aliphatic hydroxyl groups is 1. The summed E-state index contributed by atoms with van der Waals surface area (Å²) < 4.78 is 26.4. The van der Waals surface area contributed by atoms with E-state index >= 15 is 0 Å². The van der Waals surface area contributed by atoms with Gasteiger partial charge in [-0.2, -0.15) is 0 Å². The van der Waals surface area contributed by atoms with Crippen molar-refractivity contribution in [2.75, 3.05) is 6.54 Å². The Morgan fingerprint density at radius 3 is 2.47 bits per heavy atom. The number of carbonyl (C=O) groups is 1. The number of rotatable bonds is 4. The number of hydrogen-bond donors (Lipinski definition) is 3. The van der Waals surface area contributed by atoms with Crippen molar-refractivity contribution in [3.8, 4) is 0 Å². The molecule has 17 heavy (non-hydrogen) atoms. The third-order valence-electron chi connectivity index (χ3n) is 2.31. The van der Waals surface area contributed by atoms with Crippen molar-refractivity contribution in [3.05, 3.63) is 35.4 Å². The number of aliphatic hydroxyl groups excluding tert-OH is 1. The zero-order valence-electron chi connectivity index (χ0n) is 9.28. The quantitative estimate of drug-likeness (QED) is 0.717. The fraction of sp³-hybridized carbons (Fsp3) is 0.364. The lowest BCUT2D eigenvalue weighted by Crippen LogP contribution is -2.44. The number of nitrogens with one attached hydrogen (secondary N) is 1. The molecule has 2 atom stereocenters. The molecule has 1 rings (SSSR count). The van der Waals surface area contributed by atoms with E-state index in [2.05, 4.69) is 5.32 Å². The Hall–Kier alpha value is -1.53. The average molecular weight is 244 g/mol. The lowest BCUT2D eigenvalue weighted by atomic mass is 10.1. The van der Waals surface area contributed by atoms with Gasteiger partial charge in [0, 0.05) is 12.6 Å². The van der Waals surface area contributed by atoms with Gasteiger partial charge in [-0.05, 0) is 19.1 Å². The van der Waals surface area contributed by atoms with E-state index in [1.54, 1.807) is 0 Å². The Morgan fingerprint density at radius 1 is 1.47 bits per heavy atom. The lowest BCUT2D eigenvalue weighted by molar-refractivity contribution is 0.0929. The summed E-state index contributed by atoms with van der Waals surface area (Å²) in [4.78, 5) is 11.5. The van der Waals surface area contributed by atoms with E-state index in [9.17, 15) is 13.6 Å². The normalized spacial score (nSPS) is 14.2. The largest absolute Gasteiger partial charge is 0.392 e. The highest BCUT2D eigenvalue weighted by Gasteiger charge is 2.18. The van der Waals surface area contributed by atoms with E-state index in [0.29, 0.717) is 0 Å². The van der Waals surface area contributed by atoms with Gasteiger partial charge in [0.25, 0.3) is 5.91 Å². The highest BCUT2D eigenvalue weighted by atomic mass is 19.1. The maximum Gasteiger partial charge on any atom is 0.257 e. The molecule has 1 amide bonds. The minimum atomic E-state index is -0.937. The van der Waals surface area contributed by atoms with Gasteiger partial charge < -0.3 is 16.2 Å². The maximum atomic E-state index is 13.2. The first-order chi connectivity index (χ1) is 7.93. The van der Waals surface area contributed by atoms with Crippen LogP contribution in [0.2, 0.25) is 0 Å². The predicted octanol–water partition coefficient (Wildman–Crippen LogP) is 0.403. The molecular weight excluding hydrogens is 230 g/mol. The maximum absolute atomic E-state index is 13.2. The molecule has 2 unspecified atom stereocenters. The molecule has 6 heteroatoms. The van der Waals surface area contributed by atoms with E-state index in [4.69, 9.17) is 10.8 Å². The van der Waals surface area contributed by atoms with Crippen LogP contribution < -0.4 is 11.1 Å². The average Bonchev–Trinajstić information content (AvgIpc) is 2.25. The van der Waals surface area contributed by atoms with Gasteiger partial charge in [-0.1, -0.05) is 6.07 Å². The van der Waals surface area contributed by atoms with E-state index < -0.39 is 35.3 Å². The first kappa shape index (κ1) is 13.5. The molecular formula is C11H14F2N2O2. The van der Waals surface area contributed by atoms with Crippen molar-refractivity contribution in [2.24, 2.45) is 5.73 Å². The number of hydrogen-bond acceptors (Lipinski definition) is 3. The van der Waals surface area contributed by atoms with Gasteiger partial charge in [0.15, 0.2) is 0 Å². The fourth-order valence-corrected chi connectivity index (χ4v) is 1.18. The second kappa shape index (κ2) is 5.70. The van der Waals surface area contributed by atoms with Crippen LogP contribution in [0, 0.1) is 11.6 Å². The summed E-state index contributed by atoms with van der Waals surface area (Å²) >= 11 is 0. The summed E-state index contributed by atoms with van der Waals surface area (Å²) in [6.07, 6.45) is -0.819. The molecule has 4 nitrogen and oxygen atoms in total. The monoisotopic (exact) mass is 244 g/mol. The van der Waals surface area contributed by atoms with Crippen molar-refractivity contribution in [2.45, 2.75) is 19.1 Å². The van der Waals surface area contributed by atoms with Crippen LogP contribution >= 0.6 is 0 Å². The van der Waals surface area contributed by atoms with Gasteiger partial charge in [-0.25, -0.2) is 8.78 Å². The molecule has 0 saturated heterocycles. The summed E-state index contributed by atoms with van der Waals surface area (Å²) in [5.41, 5.74) is 4.82. The van der Waals surface area contributed by atoms with Crippen LogP contribution in [0.25, 0.3) is 0 Å². The number of nitrogens with two attached hydrogens (primary N) is 1. The zero-order chi connectivity index (χ0) is 13.0. The van der Waals surface area contributed by atoms with Gasteiger partial charge in [-0.15, -0.1) is 0 Å². The summed E-state index contributed by atoms with van der Waals surface area (Å²) in [6, 6.07) is 2.47. The number of amides is 1. The topological polar surface area (TPSA) is 75.3 Å². The molecule has 0 fully saturated rings. The van der Waals surface area contributed by atoms with E-state index in [1.807, 2.05) is 0 Å². The van der Waals surface area contributed by atoms with Gasteiger partial charge in [-0.3, -0.25) is 4.79 Å². The molecule has 0 radical (unpaired) electrons. The van der Waals surface area contributed by atoms with E-state index in [0.717, 1.165) is 12.1 Å². The predicted molar refractivity (Wildman–Crippen MR) is 58.3 cm³/mol. The van der Waals surface area contributed by atoms with E-state index in [1.165, 1.54) is 13.0 Å². The van der Waals surface area contributed by atoms with Crippen molar-refractivity contribution >= 4 is 5.91 Å². The summed E-state index contributed by atoms with van der Waals surface area (Å²) in [5, 5.41) is 11.3. The zero-order valence-corrected chi connectivity index (χ0v) is 9.28. The van der Waals surface area contributed by atoms with Crippen LogP contribution in [0.3, 0.4) is 0 Å². The molecule has 0 saturated carbocycles. The molecule has 1 aromatic carbocycles. The molecule has 1 aromatic rings. The summed E-state index contributed by atoms with van der Waals surface area (Å²) in [5.74, 6) is -2.77. The van der Waals surface area contributed by atoms with Crippen molar-refractivity contribution in [1.29, 1.82) is 0 Å². The Balaban J connectivity index is 2.71. The molecule has 94 valence electrons. The molecule has 4 N–H and O–H groups in total. The van der Waals surface area contributed by atoms with Crippen molar-refractivity contribution in [1.82, 2.24) is 5.32 Å². The first-order valence-corrected chi connectivity index (χ1v) is 5.09. The molecule has 0 heterocycles. The molecule has 0 spiro atoms. The van der Waals surface area contributed by atoms with Crippen LogP contribution in [0.1, 0.15) is 17.3 Å². The summed E-state index contributed by atoms with van der Waals surface area (Å²) in [6.45, 7) is 1.39. The van der Waals surface area contributed by atoms with Crippen molar-refractivity contribution in [3.63, 3.8) is 0 Å². The minimum Gasteiger partial charge on any atom is -0.392 e. The van der Waals surface area contributed by atoms with Crippen LogP contribution in [0.4, 0.5) is 8.78 Å². The fourth-order valence-electron chi connectivity index (χ4n) is 1.18. The highest BCUT2D eigenvalue weighted by molar-refractivity contribution is 5.94. The molecule has 0 aliphatic carbocycles. The van der Waals surface area contributed by atoms with Gasteiger partial charge in [0.1, 0.15) is 17.2 Å². The molecule has 0 bridgehead atoms. The van der Waals surface area contributed by atoms with Gasteiger partial charge in [0.05, 0.1) is 6.10 Å². The van der Waals surface area contributed by atoms with Crippen LogP contribution in [-0.2, 0) is 0 Å². The molecule has 0 aliphatic heterocycles. The van der Waals surface area contributed by atoms with Crippen LogP contribution in [0.5, 0.6) is 0 Å². The lowest BCUT2D eigenvalue weighted by Gasteiger charge is -2.15. The number of benzene rings is 1. The second-order valence-electron chi connectivity index (χ2n) is 3.71. The van der Waals surface area contributed by atoms with Crippen LogP contribution in [0.15, 0.2) is 18.2 Å². The third kappa shape index (κ3) is 3.47. The standard InChI is InChI=1S/C11H14F2N2O2/c1-6(16)9(14)5-15-11(17)10-7(12)3-2-4-8(10)13/h2-4,6,9,16H,5,14H2,1H3,(H,15,17). The number of halogens is 2. The smallest absolute Gasteiger partial charge is 0.257 e. The Kier molecular flexibility index (Phi) is 4.53. The number of carbonyl (C=O) groups excluding carboxylic acids is 1. The Morgan fingerprint density at radius 2 is 2.00 bits per heavy atom. The minimum absolute atomic E-state index is 0.0652. The van der Waals surface area contributed by atoms with Gasteiger partial charge >= 0.3 is 0 Å². The molecule has 0 aliphatic rings. The van der Waals surface area contributed by atoms with Crippen molar-refractivity contribution < 1.29 is 18.7 Å². The first-order valence-electron chi connectivity index (χ1n) is 5.09. The van der Waals surface area contributed by atoms with Gasteiger partial charge in [0.2, 0.25) is 0 Å². The van der Waals surface area contributed by atoms with Crippen LogP contribution in [-0.4, -0.2) is 29.7 Å². The third-order valence-corrected chi connectivity index (χ3v) is 2.31. The summed E-state index contributed by atoms with van der Waals surface area (Å²) in [7, 11) is 0. The Bertz CT molecular complexity index is 390. The Labute approximate surface area is 97.4 Å².